The van der Waals surface area contributed by atoms with Crippen molar-refractivity contribution in [2.75, 3.05) is 0 Å². The summed E-state index contributed by atoms with van der Waals surface area (Å²) in [4.78, 5) is 14.2. The maximum atomic E-state index is 10.5. The molecule has 0 fully saturated rings. The second-order valence-electron chi connectivity index (χ2n) is 2.21. The van der Waals surface area contributed by atoms with Crippen LogP contribution < -0.4 is 0 Å². The molecule has 0 aliphatic heterocycles. The Hall–Kier alpha value is -1.92. The van der Waals surface area contributed by atoms with Gasteiger partial charge >= 0.3 is 5.97 Å². The van der Waals surface area contributed by atoms with Gasteiger partial charge in [-0.25, -0.2) is 9.42 Å². The molecule has 0 saturated heterocycles. The van der Waals surface area contributed by atoms with Crippen LogP contribution in [0.1, 0.15) is 10.6 Å². The van der Waals surface area contributed by atoms with Crippen LogP contribution in [-0.2, 0) is 7.05 Å². The zero-order valence-corrected chi connectivity index (χ0v) is 6.05. The molecule has 0 saturated carbocycles. The minimum atomic E-state index is -1.11. The third kappa shape index (κ3) is 0.698. The third-order valence-electron chi connectivity index (χ3n) is 1.49. The summed E-state index contributed by atoms with van der Waals surface area (Å²) in [6.45, 7) is 0. The fourth-order valence-corrected chi connectivity index (χ4v) is 0.928. The van der Waals surface area contributed by atoms with Crippen molar-refractivity contribution >= 4 is 17.3 Å². The van der Waals surface area contributed by atoms with Gasteiger partial charge in [-0.05, 0) is 10.3 Å². The van der Waals surface area contributed by atoms with Crippen LogP contribution in [0.15, 0.2) is 4.63 Å². The van der Waals surface area contributed by atoms with E-state index in [9.17, 15) is 4.79 Å². The van der Waals surface area contributed by atoms with E-state index in [2.05, 4.69) is 19.9 Å². The molecule has 12 heavy (non-hydrogen) atoms. The highest BCUT2D eigenvalue weighted by Gasteiger charge is 2.17. The lowest BCUT2D eigenvalue weighted by molar-refractivity contribution is 0.0680. The van der Waals surface area contributed by atoms with Crippen LogP contribution in [0.25, 0.3) is 11.3 Å². The fourth-order valence-electron chi connectivity index (χ4n) is 0.928. The van der Waals surface area contributed by atoms with Gasteiger partial charge in [0, 0.05) is 7.05 Å². The van der Waals surface area contributed by atoms with E-state index in [1.165, 1.54) is 11.6 Å². The fraction of sp³-hybridized carbons (Fsp3) is 0.200. The molecule has 62 valence electrons. The molecule has 7 heteroatoms. The van der Waals surface area contributed by atoms with Crippen LogP contribution in [0, 0.1) is 0 Å². The quantitative estimate of drug-likeness (QED) is 0.625. The maximum Gasteiger partial charge on any atom is 0.372 e. The second kappa shape index (κ2) is 2.03. The Kier molecular flexibility index (Phi) is 1.15. The summed E-state index contributed by atoms with van der Waals surface area (Å²) in [5.41, 5.74) is 0.530. The van der Waals surface area contributed by atoms with Gasteiger partial charge in [0.15, 0.2) is 0 Å². The molecule has 2 aromatic heterocycles. The molecule has 0 aliphatic rings. The SMILES string of the molecule is Cn1c(C(=O)O)nc2nonc21. The van der Waals surface area contributed by atoms with E-state index in [0.717, 1.165) is 0 Å². The highest BCUT2D eigenvalue weighted by atomic mass is 16.6. The van der Waals surface area contributed by atoms with E-state index in [0.29, 0.717) is 5.65 Å². The number of carboxylic acids is 1. The van der Waals surface area contributed by atoms with Crippen LogP contribution in [0.4, 0.5) is 0 Å². The lowest BCUT2D eigenvalue weighted by Gasteiger charge is -1.91. The first-order valence-corrected chi connectivity index (χ1v) is 3.08. The van der Waals surface area contributed by atoms with Crippen LogP contribution >= 0.6 is 0 Å². The van der Waals surface area contributed by atoms with E-state index in [4.69, 9.17) is 5.11 Å². The van der Waals surface area contributed by atoms with Gasteiger partial charge in [-0.2, -0.15) is 4.98 Å². The predicted molar refractivity (Wildman–Crippen MR) is 35.5 cm³/mol. The van der Waals surface area contributed by atoms with Gasteiger partial charge in [0.2, 0.25) is 17.1 Å². The van der Waals surface area contributed by atoms with Gasteiger partial charge < -0.3 is 9.67 Å². The van der Waals surface area contributed by atoms with Crippen molar-refractivity contribution in [2.24, 2.45) is 7.05 Å². The number of aromatic carboxylic acids is 1. The standard InChI is InChI=1S/C5H4N4O3/c1-9-3-2(7-12-8-3)6-4(9)5(10)11/h1H3,(H,10,11). The highest BCUT2D eigenvalue weighted by molar-refractivity contribution is 5.87. The van der Waals surface area contributed by atoms with Crippen molar-refractivity contribution in [2.45, 2.75) is 0 Å². The summed E-state index contributed by atoms with van der Waals surface area (Å²) < 4.78 is 5.64. The largest absolute Gasteiger partial charge is 0.475 e. The van der Waals surface area contributed by atoms with Crippen molar-refractivity contribution in [3.8, 4) is 0 Å². The van der Waals surface area contributed by atoms with Crippen molar-refractivity contribution < 1.29 is 14.5 Å². The summed E-state index contributed by atoms with van der Waals surface area (Å²) in [5, 5.41) is 15.5. The maximum absolute atomic E-state index is 10.5. The van der Waals surface area contributed by atoms with Gasteiger partial charge in [-0.1, -0.05) is 0 Å². The first kappa shape index (κ1) is 6.77. The minimum Gasteiger partial charge on any atom is -0.475 e. The number of carboxylic acid groups (broad SMARTS) is 1. The molecule has 0 atom stereocenters. The van der Waals surface area contributed by atoms with Gasteiger partial charge in [0.1, 0.15) is 0 Å². The molecule has 0 radical (unpaired) electrons. The number of aromatic nitrogens is 4. The Balaban J connectivity index is 2.78. The number of aryl methyl sites for hydroxylation is 1. The topological polar surface area (TPSA) is 94.0 Å². The Morgan fingerprint density at radius 2 is 2.33 bits per heavy atom. The first-order valence-electron chi connectivity index (χ1n) is 3.08. The van der Waals surface area contributed by atoms with Crippen molar-refractivity contribution in [3.05, 3.63) is 5.82 Å². The molecule has 0 spiro atoms. The minimum absolute atomic E-state index is 0.101. The number of imidazole rings is 1. The number of carbonyl (C=O) groups is 1. The molecule has 1 N–H and O–H groups in total. The Bertz CT molecular complexity index is 442. The zero-order chi connectivity index (χ0) is 8.72. The third-order valence-corrected chi connectivity index (χ3v) is 1.49. The van der Waals surface area contributed by atoms with Crippen molar-refractivity contribution in [1.82, 2.24) is 19.9 Å². The smallest absolute Gasteiger partial charge is 0.372 e. The van der Waals surface area contributed by atoms with E-state index in [-0.39, 0.29) is 11.5 Å². The number of hydrogen-bond acceptors (Lipinski definition) is 5. The Morgan fingerprint density at radius 3 is 2.92 bits per heavy atom. The van der Waals surface area contributed by atoms with Gasteiger partial charge in [0.25, 0.3) is 0 Å². The summed E-state index contributed by atoms with van der Waals surface area (Å²) in [6.07, 6.45) is 0. The van der Waals surface area contributed by atoms with Crippen LogP contribution in [0.2, 0.25) is 0 Å². The summed E-state index contributed by atoms with van der Waals surface area (Å²) in [5.74, 6) is -1.21. The summed E-state index contributed by atoms with van der Waals surface area (Å²) in [7, 11) is 1.53. The van der Waals surface area contributed by atoms with Crippen LogP contribution in [0.3, 0.4) is 0 Å². The Morgan fingerprint density at radius 1 is 1.58 bits per heavy atom. The molecule has 0 bridgehead atoms. The summed E-state index contributed by atoms with van der Waals surface area (Å²) >= 11 is 0. The van der Waals surface area contributed by atoms with Crippen molar-refractivity contribution in [1.29, 1.82) is 0 Å². The van der Waals surface area contributed by atoms with Crippen LogP contribution in [-0.4, -0.2) is 30.9 Å². The lowest BCUT2D eigenvalue weighted by Crippen LogP contribution is -2.06. The number of rotatable bonds is 1. The number of hydrogen-bond donors (Lipinski definition) is 1. The zero-order valence-electron chi connectivity index (χ0n) is 6.05. The molecule has 2 rings (SSSR count). The van der Waals surface area contributed by atoms with Gasteiger partial charge in [0.05, 0.1) is 0 Å². The normalized spacial score (nSPS) is 10.8. The first-order chi connectivity index (χ1) is 5.70. The van der Waals surface area contributed by atoms with E-state index in [1.807, 2.05) is 0 Å². The van der Waals surface area contributed by atoms with Crippen LogP contribution in [0.5, 0.6) is 0 Å². The molecule has 0 amide bonds. The number of fused-ring (bicyclic) bond motifs is 1. The molecule has 0 unspecified atom stereocenters. The highest BCUT2D eigenvalue weighted by Crippen LogP contribution is 2.08. The average Bonchev–Trinajstić information content (AvgIpc) is 2.53. The average molecular weight is 168 g/mol. The van der Waals surface area contributed by atoms with E-state index in [1.54, 1.807) is 0 Å². The molecular weight excluding hydrogens is 164 g/mol. The van der Waals surface area contributed by atoms with Gasteiger partial charge in [-0.3, -0.25) is 0 Å². The molecule has 2 aromatic rings. The molecule has 0 aliphatic carbocycles. The van der Waals surface area contributed by atoms with Gasteiger partial charge in [-0.15, -0.1) is 0 Å². The predicted octanol–water partition coefficient (Wildman–Crippen LogP) is -0.346. The lowest BCUT2D eigenvalue weighted by atomic mass is 10.6. The Labute approximate surface area is 65.6 Å². The van der Waals surface area contributed by atoms with E-state index >= 15 is 0 Å². The monoisotopic (exact) mass is 168 g/mol. The van der Waals surface area contributed by atoms with Crippen molar-refractivity contribution in [3.63, 3.8) is 0 Å². The van der Waals surface area contributed by atoms with E-state index < -0.39 is 5.97 Å². The molecule has 0 aromatic carbocycles. The molecular formula is C5H4N4O3. The second-order valence-corrected chi connectivity index (χ2v) is 2.21. The molecule has 7 nitrogen and oxygen atoms in total. The molecule has 2 heterocycles. The summed E-state index contributed by atoms with van der Waals surface area (Å²) in [6, 6.07) is 0. The number of nitrogens with zero attached hydrogens (tertiary/aromatic N) is 4.